The number of rotatable bonds is 5. The average molecular weight is 361 g/mol. The molecule has 0 atom stereocenters. The average Bonchev–Trinajstić information content (AvgIpc) is 2.67. The van der Waals surface area contributed by atoms with Crippen LogP contribution in [0.15, 0.2) is 54.6 Å². The Balaban J connectivity index is 1.22. The molecular formula is C24H27NO2. The lowest BCUT2D eigenvalue weighted by molar-refractivity contribution is -0.118. The van der Waals surface area contributed by atoms with Crippen molar-refractivity contribution in [2.45, 2.75) is 43.9 Å². The molecule has 2 aromatic carbocycles. The summed E-state index contributed by atoms with van der Waals surface area (Å²) in [5.74, 6) is 3.44. The molecule has 6 rings (SSSR count). The van der Waals surface area contributed by atoms with Gasteiger partial charge in [-0.1, -0.05) is 30.3 Å². The monoisotopic (exact) mass is 361 g/mol. The van der Waals surface area contributed by atoms with Gasteiger partial charge >= 0.3 is 0 Å². The lowest BCUT2D eigenvalue weighted by atomic mass is 9.48. The predicted molar refractivity (Wildman–Crippen MR) is 107 cm³/mol. The van der Waals surface area contributed by atoms with Crippen molar-refractivity contribution >= 4 is 11.6 Å². The summed E-state index contributed by atoms with van der Waals surface area (Å²) in [4.78, 5) is 12.2. The van der Waals surface area contributed by atoms with Crippen LogP contribution in [0.5, 0.6) is 5.75 Å². The van der Waals surface area contributed by atoms with Gasteiger partial charge in [0.2, 0.25) is 0 Å². The van der Waals surface area contributed by atoms with Crippen molar-refractivity contribution in [2.75, 3.05) is 11.9 Å². The number of anilines is 1. The van der Waals surface area contributed by atoms with Crippen molar-refractivity contribution in [3.05, 3.63) is 60.2 Å². The third kappa shape index (κ3) is 3.36. The van der Waals surface area contributed by atoms with Gasteiger partial charge in [-0.3, -0.25) is 4.79 Å². The maximum absolute atomic E-state index is 12.2. The van der Waals surface area contributed by atoms with Crippen LogP contribution in [0.25, 0.3) is 0 Å². The Bertz CT molecular complexity index is 777. The highest BCUT2D eigenvalue weighted by Gasteiger charge is 2.51. The molecule has 140 valence electrons. The van der Waals surface area contributed by atoms with Gasteiger partial charge in [-0.15, -0.1) is 0 Å². The number of amides is 1. The molecule has 4 aliphatic rings. The smallest absolute Gasteiger partial charge is 0.262 e. The van der Waals surface area contributed by atoms with Gasteiger partial charge in [-0.2, -0.15) is 0 Å². The SMILES string of the molecule is O=C(COc1ccccc1)Nc1ccc(C23CC4CC(CC(C4)C2)C3)cc1. The van der Waals surface area contributed by atoms with E-state index in [9.17, 15) is 4.79 Å². The fraction of sp³-hybridized carbons (Fsp3) is 0.458. The number of nitrogens with one attached hydrogen (secondary N) is 1. The standard InChI is InChI=1S/C24H27NO2/c26-23(16-27-22-4-2-1-3-5-22)25-21-8-6-20(7-9-21)24-13-17-10-18(14-24)12-19(11-17)15-24/h1-9,17-19H,10-16H2,(H,25,26). The molecule has 4 fully saturated rings. The third-order valence-corrected chi connectivity index (χ3v) is 6.93. The molecule has 4 bridgehead atoms. The van der Waals surface area contributed by atoms with E-state index in [1.807, 2.05) is 30.3 Å². The number of hydrogen-bond donors (Lipinski definition) is 1. The van der Waals surface area contributed by atoms with Gasteiger partial charge in [0.1, 0.15) is 5.75 Å². The van der Waals surface area contributed by atoms with Crippen LogP contribution in [0.3, 0.4) is 0 Å². The Morgan fingerprint density at radius 3 is 2.07 bits per heavy atom. The van der Waals surface area contributed by atoms with Gasteiger partial charge < -0.3 is 10.1 Å². The molecule has 0 aliphatic heterocycles. The topological polar surface area (TPSA) is 38.3 Å². The van der Waals surface area contributed by atoms with Crippen LogP contribution in [0, 0.1) is 17.8 Å². The Morgan fingerprint density at radius 2 is 1.48 bits per heavy atom. The van der Waals surface area contributed by atoms with E-state index in [0.717, 1.165) is 23.4 Å². The van der Waals surface area contributed by atoms with Gasteiger partial charge in [0.15, 0.2) is 6.61 Å². The van der Waals surface area contributed by atoms with Crippen molar-refractivity contribution in [3.63, 3.8) is 0 Å². The molecule has 0 aromatic heterocycles. The molecule has 3 heteroatoms. The molecule has 4 saturated carbocycles. The summed E-state index contributed by atoms with van der Waals surface area (Å²) in [7, 11) is 0. The summed E-state index contributed by atoms with van der Waals surface area (Å²) >= 11 is 0. The maximum atomic E-state index is 12.2. The number of ether oxygens (including phenoxy) is 1. The number of benzene rings is 2. The molecule has 0 saturated heterocycles. The first-order valence-corrected chi connectivity index (χ1v) is 10.3. The van der Waals surface area contributed by atoms with E-state index in [1.54, 1.807) is 0 Å². The van der Waals surface area contributed by atoms with Crippen LogP contribution >= 0.6 is 0 Å². The molecule has 27 heavy (non-hydrogen) atoms. The molecule has 2 aromatic rings. The Morgan fingerprint density at radius 1 is 0.889 bits per heavy atom. The quantitative estimate of drug-likeness (QED) is 0.798. The number of carbonyl (C=O) groups excluding carboxylic acids is 1. The fourth-order valence-corrected chi connectivity index (χ4v) is 6.23. The molecule has 0 radical (unpaired) electrons. The summed E-state index contributed by atoms with van der Waals surface area (Å²) in [5, 5.41) is 2.95. The van der Waals surface area contributed by atoms with Crippen LogP contribution in [0.4, 0.5) is 5.69 Å². The first-order chi connectivity index (χ1) is 13.2. The highest BCUT2D eigenvalue weighted by molar-refractivity contribution is 5.91. The normalized spacial score (nSPS) is 30.9. The van der Waals surface area contributed by atoms with Crippen LogP contribution in [0.2, 0.25) is 0 Å². The minimum Gasteiger partial charge on any atom is -0.484 e. The predicted octanol–water partition coefficient (Wildman–Crippen LogP) is 5.17. The van der Waals surface area contributed by atoms with Gasteiger partial charge in [0.25, 0.3) is 5.91 Å². The Labute approximate surface area is 161 Å². The first kappa shape index (κ1) is 16.9. The van der Waals surface area contributed by atoms with Gasteiger partial charge in [0, 0.05) is 5.69 Å². The molecule has 1 amide bonds. The Hall–Kier alpha value is -2.29. The summed E-state index contributed by atoms with van der Waals surface area (Å²) in [6, 6.07) is 18.1. The lowest BCUT2D eigenvalue weighted by Gasteiger charge is -2.57. The number of para-hydroxylation sites is 1. The highest BCUT2D eigenvalue weighted by Crippen LogP contribution is 2.60. The zero-order chi connectivity index (χ0) is 18.3. The van der Waals surface area contributed by atoms with Crippen LogP contribution in [-0.2, 0) is 10.2 Å². The fourth-order valence-electron chi connectivity index (χ4n) is 6.23. The third-order valence-electron chi connectivity index (χ3n) is 6.93. The summed E-state index contributed by atoms with van der Waals surface area (Å²) in [6.45, 7) is 0.0285. The maximum Gasteiger partial charge on any atom is 0.262 e. The molecule has 4 aliphatic carbocycles. The summed E-state index contributed by atoms with van der Waals surface area (Å²) in [6.07, 6.45) is 8.51. The van der Waals surface area contributed by atoms with E-state index in [2.05, 4.69) is 29.6 Å². The van der Waals surface area contributed by atoms with Crippen molar-refractivity contribution in [1.29, 1.82) is 0 Å². The lowest BCUT2D eigenvalue weighted by Crippen LogP contribution is -2.48. The molecule has 3 nitrogen and oxygen atoms in total. The van der Waals surface area contributed by atoms with Gasteiger partial charge in [-0.25, -0.2) is 0 Å². The van der Waals surface area contributed by atoms with Crippen LogP contribution in [0.1, 0.15) is 44.1 Å². The number of carbonyl (C=O) groups is 1. The first-order valence-electron chi connectivity index (χ1n) is 10.3. The van der Waals surface area contributed by atoms with Crippen molar-refractivity contribution in [1.82, 2.24) is 0 Å². The van der Waals surface area contributed by atoms with Gasteiger partial charge in [-0.05, 0) is 91.5 Å². The zero-order valence-corrected chi connectivity index (χ0v) is 15.7. The molecule has 1 N–H and O–H groups in total. The van der Waals surface area contributed by atoms with Gasteiger partial charge in [0.05, 0.1) is 0 Å². The van der Waals surface area contributed by atoms with Crippen LogP contribution in [-0.4, -0.2) is 12.5 Å². The molecule has 0 heterocycles. The van der Waals surface area contributed by atoms with Crippen LogP contribution < -0.4 is 10.1 Å². The summed E-state index contributed by atoms with van der Waals surface area (Å²) in [5.41, 5.74) is 2.75. The highest BCUT2D eigenvalue weighted by atomic mass is 16.5. The second-order valence-electron chi connectivity index (χ2n) is 8.93. The van der Waals surface area contributed by atoms with E-state index in [-0.39, 0.29) is 12.5 Å². The Kier molecular flexibility index (Phi) is 4.18. The molecular weight excluding hydrogens is 334 g/mol. The second-order valence-corrected chi connectivity index (χ2v) is 8.93. The largest absolute Gasteiger partial charge is 0.484 e. The minimum atomic E-state index is -0.124. The van der Waals surface area contributed by atoms with E-state index in [1.165, 1.54) is 44.1 Å². The molecule has 0 unspecified atom stereocenters. The summed E-state index contributed by atoms with van der Waals surface area (Å²) < 4.78 is 5.52. The molecule has 0 spiro atoms. The van der Waals surface area contributed by atoms with E-state index < -0.39 is 0 Å². The second kappa shape index (κ2) is 6.70. The zero-order valence-electron chi connectivity index (χ0n) is 15.7. The van der Waals surface area contributed by atoms with E-state index in [0.29, 0.717) is 11.2 Å². The van der Waals surface area contributed by atoms with Crippen molar-refractivity contribution < 1.29 is 9.53 Å². The van der Waals surface area contributed by atoms with Crippen molar-refractivity contribution in [2.24, 2.45) is 17.8 Å². The minimum absolute atomic E-state index is 0.0285. The van der Waals surface area contributed by atoms with E-state index >= 15 is 0 Å². The van der Waals surface area contributed by atoms with Crippen molar-refractivity contribution in [3.8, 4) is 5.75 Å². The van der Waals surface area contributed by atoms with E-state index in [4.69, 9.17) is 4.74 Å². The number of hydrogen-bond acceptors (Lipinski definition) is 2.